The topological polar surface area (TPSA) is 76.2 Å². The van der Waals surface area contributed by atoms with Gasteiger partial charge in [-0.2, -0.15) is 5.10 Å². The quantitative estimate of drug-likeness (QED) is 0.719. The minimum Gasteiger partial charge on any atom is -0.396 e. The number of hydrogen-bond acceptors (Lipinski definition) is 4. The van der Waals surface area contributed by atoms with E-state index in [1.807, 2.05) is 0 Å². The maximum absolute atomic E-state index is 11.6. The Bertz CT molecular complexity index is 399. The lowest BCUT2D eigenvalue weighted by atomic mass is 10.4. The van der Waals surface area contributed by atoms with E-state index in [0.29, 0.717) is 12.2 Å². The van der Waals surface area contributed by atoms with E-state index < -0.39 is 0 Å². The summed E-state index contributed by atoms with van der Waals surface area (Å²) in [5.41, 5.74) is 6.11. The second-order valence-corrected chi connectivity index (χ2v) is 4.68. The van der Waals surface area contributed by atoms with E-state index in [9.17, 15) is 4.79 Å². The molecule has 6 nitrogen and oxygen atoms in total. The molecule has 1 saturated carbocycles. The largest absolute Gasteiger partial charge is 0.396 e. The van der Waals surface area contributed by atoms with Gasteiger partial charge in [0, 0.05) is 25.3 Å². The third kappa shape index (κ3) is 3.73. The smallest absolute Gasteiger partial charge is 0.241 e. The van der Waals surface area contributed by atoms with Gasteiger partial charge in [-0.1, -0.05) is 6.92 Å². The highest BCUT2D eigenvalue weighted by Gasteiger charge is 2.27. The van der Waals surface area contributed by atoms with E-state index in [1.54, 1.807) is 17.1 Å². The van der Waals surface area contributed by atoms with Crippen LogP contribution in [-0.2, 0) is 11.3 Å². The minimum absolute atomic E-state index is 0.0232. The fourth-order valence-electron chi connectivity index (χ4n) is 2.05. The Hall–Kier alpha value is -1.56. The summed E-state index contributed by atoms with van der Waals surface area (Å²) in [6, 6.07) is 0.748. The first-order chi connectivity index (χ1) is 8.69. The van der Waals surface area contributed by atoms with Crippen molar-refractivity contribution in [3.63, 3.8) is 0 Å². The summed E-state index contributed by atoms with van der Waals surface area (Å²) >= 11 is 0. The van der Waals surface area contributed by atoms with Crippen molar-refractivity contribution in [2.75, 3.05) is 25.4 Å². The lowest BCUT2D eigenvalue weighted by Gasteiger charge is -2.19. The van der Waals surface area contributed by atoms with Crippen LogP contribution in [0.25, 0.3) is 0 Å². The van der Waals surface area contributed by atoms with Gasteiger partial charge in [0.15, 0.2) is 0 Å². The molecule has 0 saturated heterocycles. The van der Waals surface area contributed by atoms with Crippen molar-refractivity contribution >= 4 is 11.6 Å². The number of amides is 1. The summed E-state index contributed by atoms with van der Waals surface area (Å²) in [5.74, 6) is -0.0232. The Morgan fingerprint density at radius 3 is 3.00 bits per heavy atom. The monoisotopic (exact) mass is 251 g/mol. The van der Waals surface area contributed by atoms with Crippen LogP contribution < -0.4 is 11.1 Å². The van der Waals surface area contributed by atoms with Crippen molar-refractivity contribution in [1.82, 2.24) is 20.0 Å². The summed E-state index contributed by atoms with van der Waals surface area (Å²) in [6.45, 7) is 5.06. The van der Waals surface area contributed by atoms with E-state index >= 15 is 0 Å². The van der Waals surface area contributed by atoms with E-state index in [0.717, 1.165) is 19.1 Å². The summed E-state index contributed by atoms with van der Waals surface area (Å²) in [4.78, 5) is 14.1. The number of aromatic nitrogens is 2. The molecule has 1 amide bonds. The molecule has 0 aliphatic heterocycles. The molecule has 0 spiro atoms. The van der Waals surface area contributed by atoms with Gasteiger partial charge in [0.25, 0.3) is 0 Å². The van der Waals surface area contributed by atoms with Gasteiger partial charge in [0.2, 0.25) is 5.91 Å². The van der Waals surface area contributed by atoms with Crippen LogP contribution in [0.3, 0.4) is 0 Å². The molecule has 1 aromatic heterocycles. The van der Waals surface area contributed by atoms with Gasteiger partial charge in [-0.05, 0) is 19.4 Å². The highest BCUT2D eigenvalue weighted by molar-refractivity contribution is 5.75. The van der Waals surface area contributed by atoms with Gasteiger partial charge >= 0.3 is 0 Å². The summed E-state index contributed by atoms with van der Waals surface area (Å²) < 4.78 is 1.54. The second-order valence-electron chi connectivity index (χ2n) is 4.68. The molecule has 0 bridgehead atoms. The van der Waals surface area contributed by atoms with E-state index in [-0.39, 0.29) is 12.5 Å². The molecule has 3 N–H and O–H groups in total. The number of nitrogens with two attached hydrogens (primary N) is 1. The van der Waals surface area contributed by atoms with Crippen molar-refractivity contribution in [2.24, 2.45) is 0 Å². The Kier molecular flexibility index (Phi) is 4.19. The predicted molar refractivity (Wildman–Crippen MR) is 69.9 cm³/mol. The number of likely N-dealkylation sites (N-methyl/N-ethyl adjacent to an activating group) is 1. The lowest BCUT2D eigenvalue weighted by Crippen LogP contribution is -2.37. The highest BCUT2D eigenvalue weighted by Crippen LogP contribution is 2.25. The molecule has 0 unspecified atom stereocenters. The molecule has 0 radical (unpaired) electrons. The summed E-state index contributed by atoms with van der Waals surface area (Å²) in [7, 11) is 0. The second kappa shape index (κ2) is 5.86. The fourth-order valence-corrected chi connectivity index (χ4v) is 2.05. The van der Waals surface area contributed by atoms with E-state index in [4.69, 9.17) is 5.73 Å². The molecule has 1 aromatic rings. The average molecular weight is 251 g/mol. The molecule has 100 valence electrons. The maximum Gasteiger partial charge on any atom is 0.241 e. The maximum atomic E-state index is 11.6. The SMILES string of the molecule is CCN(CCNC(=O)Cn1cc(N)cn1)C1CC1. The number of carbonyl (C=O) groups excluding carboxylic acids is 1. The zero-order chi connectivity index (χ0) is 13.0. The first-order valence-electron chi connectivity index (χ1n) is 6.47. The Morgan fingerprint density at radius 2 is 2.44 bits per heavy atom. The van der Waals surface area contributed by atoms with Crippen LogP contribution in [0.5, 0.6) is 0 Å². The van der Waals surface area contributed by atoms with Gasteiger partial charge in [-0.15, -0.1) is 0 Å². The fraction of sp³-hybridized carbons (Fsp3) is 0.667. The van der Waals surface area contributed by atoms with Crippen LogP contribution in [0.4, 0.5) is 5.69 Å². The van der Waals surface area contributed by atoms with Crippen LogP contribution in [0.1, 0.15) is 19.8 Å². The van der Waals surface area contributed by atoms with Crippen LogP contribution in [-0.4, -0.2) is 46.3 Å². The molecular formula is C12H21N5O. The first-order valence-corrected chi connectivity index (χ1v) is 6.47. The van der Waals surface area contributed by atoms with Crippen LogP contribution >= 0.6 is 0 Å². The molecule has 0 atom stereocenters. The summed E-state index contributed by atoms with van der Waals surface area (Å²) in [5, 5.41) is 6.88. The Balaban J connectivity index is 1.65. The zero-order valence-corrected chi connectivity index (χ0v) is 10.8. The molecule has 1 aliphatic carbocycles. The number of rotatable bonds is 7. The molecule has 0 aromatic carbocycles. The average Bonchev–Trinajstić information content (AvgIpc) is 3.09. The van der Waals surface area contributed by atoms with Crippen LogP contribution in [0.2, 0.25) is 0 Å². The van der Waals surface area contributed by atoms with Crippen molar-refractivity contribution in [3.05, 3.63) is 12.4 Å². The normalized spacial score (nSPS) is 15.0. The van der Waals surface area contributed by atoms with Crippen molar-refractivity contribution in [2.45, 2.75) is 32.4 Å². The van der Waals surface area contributed by atoms with Gasteiger partial charge in [-0.3, -0.25) is 14.4 Å². The van der Waals surface area contributed by atoms with E-state index in [2.05, 4.69) is 22.2 Å². The molecular weight excluding hydrogens is 230 g/mol. The molecule has 1 aliphatic rings. The number of nitrogens with one attached hydrogen (secondary N) is 1. The summed E-state index contributed by atoms with van der Waals surface area (Å²) in [6.07, 6.45) is 5.80. The zero-order valence-electron chi connectivity index (χ0n) is 10.8. The standard InChI is InChI=1S/C12H21N5O/c1-2-16(11-3-4-11)6-5-14-12(18)9-17-8-10(13)7-15-17/h7-8,11H,2-6,9,13H2,1H3,(H,14,18). The van der Waals surface area contributed by atoms with Crippen molar-refractivity contribution in [1.29, 1.82) is 0 Å². The molecule has 2 rings (SSSR count). The van der Waals surface area contributed by atoms with Crippen molar-refractivity contribution < 1.29 is 4.79 Å². The third-order valence-electron chi connectivity index (χ3n) is 3.15. The number of nitrogen functional groups attached to an aromatic ring is 1. The molecule has 18 heavy (non-hydrogen) atoms. The van der Waals surface area contributed by atoms with Gasteiger partial charge < -0.3 is 11.1 Å². The number of anilines is 1. The van der Waals surface area contributed by atoms with Crippen LogP contribution in [0.15, 0.2) is 12.4 Å². The predicted octanol–water partition coefficient (Wildman–Crippen LogP) is 0.0658. The lowest BCUT2D eigenvalue weighted by molar-refractivity contribution is -0.121. The van der Waals surface area contributed by atoms with Crippen LogP contribution in [0, 0.1) is 0 Å². The van der Waals surface area contributed by atoms with E-state index in [1.165, 1.54) is 12.8 Å². The molecule has 1 fully saturated rings. The number of nitrogens with zero attached hydrogens (tertiary/aromatic N) is 3. The van der Waals surface area contributed by atoms with Crippen molar-refractivity contribution in [3.8, 4) is 0 Å². The minimum atomic E-state index is -0.0232. The Morgan fingerprint density at radius 1 is 1.67 bits per heavy atom. The highest BCUT2D eigenvalue weighted by atomic mass is 16.2. The number of carbonyl (C=O) groups is 1. The van der Waals surface area contributed by atoms with Gasteiger partial charge in [0.1, 0.15) is 6.54 Å². The van der Waals surface area contributed by atoms with Gasteiger partial charge in [0.05, 0.1) is 11.9 Å². The number of hydrogen-bond donors (Lipinski definition) is 2. The molecule has 6 heteroatoms. The Labute approximate surface area is 107 Å². The molecule has 1 heterocycles. The first kappa shape index (κ1) is 12.9. The third-order valence-corrected chi connectivity index (χ3v) is 3.15. The van der Waals surface area contributed by atoms with Gasteiger partial charge in [-0.25, -0.2) is 0 Å².